The SMILES string of the molecule is COC(=O)C1=C(C)NC(C)=C(C(=O)NN2CCN(C(c3ccccc3)c3ccccc3)CC2C(C)=O)C1c1cccc([N+](=O)[O-])c1. The zero-order valence-electron chi connectivity index (χ0n) is 26.2. The number of hydrogen-bond acceptors (Lipinski definition) is 9. The largest absolute Gasteiger partial charge is 0.466 e. The Kier molecular flexibility index (Phi) is 9.74. The van der Waals surface area contributed by atoms with Crippen LogP contribution in [0.4, 0.5) is 5.69 Å². The summed E-state index contributed by atoms with van der Waals surface area (Å²) in [7, 11) is 1.24. The molecule has 1 amide bonds. The molecule has 2 aliphatic heterocycles. The van der Waals surface area contributed by atoms with E-state index in [1.165, 1.54) is 32.2 Å². The van der Waals surface area contributed by atoms with Crippen LogP contribution in [0.25, 0.3) is 0 Å². The molecule has 2 aliphatic rings. The first-order valence-electron chi connectivity index (χ1n) is 15.0. The maximum absolute atomic E-state index is 14.2. The van der Waals surface area contributed by atoms with Gasteiger partial charge in [0.15, 0.2) is 0 Å². The molecular weight excluding hydrogens is 586 g/mol. The zero-order valence-corrected chi connectivity index (χ0v) is 26.2. The van der Waals surface area contributed by atoms with Gasteiger partial charge in [-0.15, -0.1) is 0 Å². The van der Waals surface area contributed by atoms with E-state index >= 15 is 0 Å². The van der Waals surface area contributed by atoms with Crippen molar-refractivity contribution in [1.29, 1.82) is 0 Å². The van der Waals surface area contributed by atoms with Crippen LogP contribution < -0.4 is 10.7 Å². The predicted octanol–water partition coefficient (Wildman–Crippen LogP) is 4.40. The first kappa shape index (κ1) is 32.3. The van der Waals surface area contributed by atoms with Crippen molar-refractivity contribution < 1.29 is 24.0 Å². The number of dihydropyridines is 1. The maximum Gasteiger partial charge on any atom is 0.336 e. The Morgan fingerprint density at radius 3 is 2.09 bits per heavy atom. The second-order valence-corrected chi connectivity index (χ2v) is 11.5. The van der Waals surface area contributed by atoms with Crippen LogP contribution >= 0.6 is 0 Å². The van der Waals surface area contributed by atoms with E-state index in [9.17, 15) is 24.5 Å². The fourth-order valence-corrected chi connectivity index (χ4v) is 6.42. The molecule has 0 saturated carbocycles. The number of piperazine rings is 1. The van der Waals surface area contributed by atoms with Crippen molar-refractivity contribution in [2.24, 2.45) is 0 Å². The number of nitro benzene ring substituents is 1. The Labute approximate surface area is 267 Å². The molecule has 2 N–H and O–H groups in total. The molecule has 11 nitrogen and oxygen atoms in total. The lowest BCUT2D eigenvalue weighted by Gasteiger charge is -2.44. The summed E-state index contributed by atoms with van der Waals surface area (Å²) in [5.74, 6) is -2.26. The highest BCUT2D eigenvalue weighted by Crippen LogP contribution is 2.40. The lowest BCUT2D eigenvalue weighted by Crippen LogP contribution is -2.62. The van der Waals surface area contributed by atoms with Gasteiger partial charge in [-0.2, -0.15) is 0 Å². The summed E-state index contributed by atoms with van der Waals surface area (Å²) in [6.07, 6.45) is 0. The number of ketones is 1. The van der Waals surface area contributed by atoms with E-state index in [0.717, 1.165) is 11.1 Å². The van der Waals surface area contributed by atoms with Gasteiger partial charge >= 0.3 is 5.97 Å². The molecule has 238 valence electrons. The predicted molar refractivity (Wildman–Crippen MR) is 172 cm³/mol. The summed E-state index contributed by atoms with van der Waals surface area (Å²) in [5, 5.41) is 16.4. The van der Waals surface area contributed by atoms with Crippen molar-refractivity contribution in [2.75, 3.05) is 26.7 Å². The van der Waals surface area contributed by atoms with Crippen LogP contribution in [-0.4, -0.2) is 65.3 Å². The molecule has 3 aromatic carbocycles. The number of ether oxygens (including phenoxy) is 1. The van der Waals surface area contributed by atoms with Crippen molar-refractivity contribution in [1.82, 2.24) is 20.7 Å². The Hall–Kier alpha value is -5.13. The molecule has 1 fully saturated rings. The molecular formula is C35H37N5O6. The summed E-state index contributed by atoms with van der Waals surface area (Å²) >= 11 is 0. The minimum Gasteiger partial charge on any atom is -0.466 e. The Balaban J connectivity index is 1.46. The highest BCUT2D eigenvalue weighted by atomic mass is 16.6. The minimum atomic E-state index is -0.953. The number of amides is 1. The summed E-state index contributed by atoms with van der Waals surface area (Å²) in [6, 6.07) is 25.3. The number of nitro groups is 1. The number of carbonyl (C=O) groups is 3. The molecule has 0 bridgehead atoms. The van der Waals surface area contributed by atoms with E-state index in [4.69, 9.17) is 4.74 Å². The topological polar surface area (TPSA) is 134 Å². The molecule has 0 aliphatic carbocycles. The van der Waals surface area contributed by atoms with Gasteiger partial charge in [-0.05, 0) is 37.5 Å². The average molecular weight is 624 g/mol. The fraction of sp³-hybridized carbons (Fsp3) is 0.286. The van der Waals surface area contributed by atoms with Crippen molar-refractivity contribution >= 4 is 23.3 Å². The highest BCUT2D eigenvalue weighted by Gasteiger charge is 2.40. The first-order chi connectivity index (χ1) is 22.1. The number of esters is 1. The lowest BCUT2D eigenvalue weighted by molar-refractivity contribution is -0.384. The third-order valence-electron chi connectivity index (χ3n) is 8.55. The van der Waals surface area contributed by atoms with Crippen LogP contribution in [0.5, 0.6) is 0 Å². The second-order valence-electron chi connectivity index (χ2n) is 11.5. The van der Waals surface area contributed by atoms with Crippen molar-refractivity contribution in [3.05, 3.63) is 134 Å². The number of nitrogens with zero attached hydrogens (tertiary/aromatic N) is 3. The van der Waals surface area contributed by atoms with Crippen LogP contribution in [0.3, 0.4) is 0 Å². The van der Waals surface area contributed by atoms with Crippen LogP contribution in [0.1, 0.15) is 49.4 Å². The number of non-ortho nitro benzene ring substituents is 1. The number of nitrogens with one attached hydrogen (secondary N) is 2. The summed E-state index contributed by atoms with van der Waals surface area (Å²) in [4.78, 5) is 53.7. The normalized spacial score (nSPS) is 19.1. The standard InChI is InChI=1S/C35H37N5O6/c1-22-30(32(31(23(2)36-22)35(43)46-4)27-16-11-17-28(20-27)40(44)45)34(42)37-39-19-18-38(21-29(39)24(3)41)33(25-12-7-5-8-13-25)26-14-9-6-10-15-26/h5-17,20,29,32-33,36H,18-19,21H2,1-4H3,(H,37,42). The molecule has 3 aromatic rings. The van der Waals surface area contributed by atoms with Gasteiger partial charge in [0.1, 0.15) is 11.8 Å². The van der Waals surface area contributed by atoms with Gasteiger partial charge in [-0.3, -0.25) is 30.0 Å². The van der Waals surface area contributed by atoms with Crippen LogP contribution in [0, 0.1) is 10.1 Å². The van der Waals surface area contributed by atoms with Crippen molar-refractivity contribution in [3.63, 3.8) is 0 Å². The molecule has 46 heavy (non-hydrogen) atoms. The minimum absolute atomic E-state index is 0.0939. The number of rotatable bonds is 9. The van der Waals surface area contributed by atoms with Crippen LogP contribution in [-0.2, 0) is 19.1 Å². The third kappa shape index (κ3) is 6.60. The van der Waals surface area contributed by atoms with Gasteiger partial charge in [0.05, 0.1) is 29.6 Å². The summed E-state index contributed by atoms with van der Waals surface area (Å²) < 4.78 is 5.07. The smallest absolute Gasteiger partial charge is 0.336 e. The van der Waals surface area contributed by atoms with Crippen LogP contribution in [0.2, 0.25) is 0 Å². The molecule has 2 atom stereocenters. The van der Waals surface area contributed by atoms with E-state index in [0.29, 0.717) is 36.6 Å². The van der Waals surface area contributed by atoms with Gasteiger partial charge in [-0.25, -0.2) is 9.80 Å². The molecule has 0 aromatic heterocycles. The van der Waals surface area contributed by atoms with Gasteiger partial charge in [0.2, 0.25) is 0 Å². The van der Waals surface area contributed by atoms with Crippen molar-refractivity contribution in [3.8, 4) is 0 Å². The van der Waals surface area contributed by atoms with Crippen LogP contribution in [0.15, 0.2) is 107 Å². The molecule has 5 rings (SSSR count). The molecule has 11 heteroatoms. The quantitative estimate of drug-likeness (QED) is 0.202. The number of allylic oxidation sites excluding steroid dienone is 2. The number of hydrogen-bond donors (Lipinski definition) is 2. The van der Waals surface area contributed by atoms with Gasteiger partial charge in [0, 0.05) is 48.7 Å². The van der Waals surface area contributed by atoms with E-state index in [1.807, 2.05) is 36.4 Å². The van der Waals surface area contributed by atoms with Gasteiger partial charge in [0.25, 0.3) is 11.6 Å². The number of Topliss-reactive ketones (excluding diaryl/α,β-unsaturated/α-hetero) is 1. The van der Waals surface area contributed by atoms with E-state index in [1.54, 1.807) is 24.9 Å². The van der Waals surface area contributed by atoms with E-state index < -0.39 is 28.8 Å². The number of carbonyl (C=O) groups excluding carboxylic acids is 3. The van der Waals surface area contributed by atoms with Crippen molar-refractivity contribution in [2.45, 2.75) is 38.8 Å². The monoisotopic (exact) mass is 623 g/mol. The van der Waals surface area contributed by atoms with Gasteiger partial charge < -0.3 is 10.1 Å². The van der Waals surface area contributed by atoms with E-state index in [2.05, 4.69) is 39.9 Å². The lowest BCUT2D eigenvalue weighted by atomic mass is 9.80. The number of hydrazine groups is 1. The third-order valence-corrected chi connectivity index (χ3v) is 8.55. The number of benzene rings is 3. The Morgan fingerprint density at radius 1 is 0.913 bits per heavy atom. The summed E-state index contributed by atoms with van der Waals surface area (Å²) in [6.45, 7) is 6.17. The molecule has 2 heterocycles. The average Bonchev–Trinajstić information content (AvgIpc) is 3.05. The Bertz CT molecular complexity index is 1670. The first-order valence-corrected chi connectivity index (χ1v) is 15.0. The highest BCUT2D eigenvalue weighted by molar-refractivity contribution is 6.02. The molecule has 0 radical (unpaired) electrons. The summed E-state index contributed by atoms with van der Waals surface area (Å²) in [5.41, 5.74) is 6.69. The van der Waals surface area contributed by atoms with E-state index in [-0.39, 0.29) is 28.7 Å². The maximum atomic E-state index is 14.2. The fourth-order valence-electron chi connectivity index (χ4n) is 6.42. The molecule has 0 spiro atoms. The molecule has 2 unspecified atom stereocenters. The zero-order chi connectivity index (χ0) is 33.0. The molecule has 1 saturated heterocycles. The second kappa shape index (κ2) is 13.9. The Morgan fingerprint density at radius 2 is 1.52 bits per heavy atom. The number of methoxy groups -OCH3 is 1. The van der Waals surface area contributed by atoms with Gasteiger partial charge in [-0.1, -0.05) is 72.8 Å².